The molecule has 0 amide bonds. The van der Waals surface area contributed by atoms with Gasteiger partial charge in [-0.05, 0) is 6.92 Å². The second-order valence-electron chi connectivity index (χ2n) is 4.63. The fourth-order valence-electron chi connectivity index (χ4n) is 1.94. The SMILES string of the molecule is [CH2]Cn1c(=O)n(CC2CO2)c(=O)n(CC2CO2)c1=O. The van der Waals surface area contributed by atoms with E-state index in [4.69, 9.17) is 9.47 Å². The van der Waals surface area contributed by atoms with Gasteiger partial charge in [-0.3, -0.25) is 0 Å². The van der Waals surface area contributed by atoms with E-state index in [2.05, 4.69) is 6.92 Å². The molecule has 8 heteroatoms. The zero-order valence-corrected chi connectivity index (χ0v) is 10.3. The van der Waals surface area contributed by atoms with Crippen molar-refractivity contribution in [3.63, 3.8) is 0 Å². The summed E-state index contributed by atoms with van der Waals surface area (Å²) in [5, 5.41) is 0. The van der Waals surface area contributed by atoms with Gasteiger partial charge in [-0.25, -0.2) is 28.1 Å². The van der Waals surface area contributed by atoms with Gasteiger partial charge in [-0.2, -0.15) is 0 Å². The number of nitrogens with zero attached hydrogens (tertiary/aromatic N) is 3. The molecule has 19 heavy (non-hydrogen) atoms. The van der Waals surface area contributed by atoms with E-state index in [9.17, 15) is 14.4 Å². The summed E-state index contributed by atoms with van der Waals surface area (Å²) < 4.78 is 13.1. The third-order valence-electron chi connectivity index (χ3n) is 3.19. The molecule has 1 radical (unpaired) electrons. The predicted molar refractivity (Wildman–Crippen MR) is 64.1 cm³/mol. The van der Waals surface area contributed by atoms with Crippen LogP contribution in [0.5, 0.6) is 0 Å². The Morgan fingerprint density at radius 1 is 0.895 bits per heavy atom. The molecular weight excluding hydrogens is 254 g/mol. The minimum absolute atomic E-state index is 0.0189. The third kappa shape index (κ3) is 2.28. The molecule has 1 aromatic heterocycles. The second-order valence-corrected chi connectivity index (χ2v) is 4.63. The van der Waals surface area contributed by atoms with Crippen molar-refractivity contribution in [2.45, 2.75) is 31.8 Å². The molecule has 8 nitrogen and oxygen atoms in total. The maximum atomic E-state index is 12.2. The van der Waals surface area contributed by atoms with Crippen molar-refractivity contribution in [3.8, 4) is 0 Å². The molecule has 1 aromatic rings. The summed E-state index contributed by atoms with van der Waals surface area (Å²) in [5.74, 6) is 0. The van der Waals surface area contributed by atoms with Crippen molar-refractivity contribution in [1.29, 1.82) is 0 Å². The highest BCUT2D eigenvalue weighted by Gasteiger charge is 2.29. The predicted octanol–water partition coefficient (Wildman–Crippen LogP) is -2.20. The first kappa shape index (κ1) is 12.4. The van der Waals surface area contributed by atoms with Crippen molar-refractivity contribution in [2.24, 2.45) is 0 Å². The molecule has 3 heterocycles. The molecule has 0 spiro atoms. The van der Waals surface area contributed by atoms with E-state index >= 15 is 0 Å². The Hall–Kier alpha value is -1.67. The van der Waals surface area contributed by atoms with Crippen LogP contribution in [0.3, 0.4) is 0 Å². The fourth-order valence-corrected chi connectivity index (χ4v) is 1.94. The van der Waals surface area contributed by atoms with E-state index < -0.39 is 17.1 Å². The Morgan fingerprint density at radius 2 is 1.26 bits per heavy atom. The van der Waals surface area contributed by atoms with Crippen molar-refractivity contribution in [1.82, 2.24) is 13.7 Å². The Morgan fingerprint density at radius 3 is 1.58 bits per heavy atom. The molecule has 2 aliphatic heterocycles. The quantitative estimate of drug-likeness (QED) is 0.565. The first-order chi connectivity index (χ1) is 9.11. The summed E-state index contributed by atoms with van der Waals surface area (Å²) in [6.07, 6.45) is -0.237. The van der Waals surface area contributed by atoms with Gasteiger partial charge >= 0.3 is 17.1 Å². The maximum absolute atomic E-state index is 12.2. The largest absolute Gasteiger partial charge is 0.371 e. The van der Waals surface area contributed by atoms with E-state index in [1.807, 2.05) is 0 Å². The minimum atomic E-state index is -0.631. The van der Waals surface area contributed by atoms with E-state index in [-0.39, 0.29) is 31.8 Å². The van der Waals surface area contributed by atoms with Crippen LogP contribution < -0.4 is 17.1 Å². The Labute approximate surface area is 107 Å². The van der Waals surface area contributed by atoms with E-state index in [0.717, 1.165) is 13.7 Å². The molecule has 0 aliphatic carbocycles. The third-order valence-corrected chi connectivity index (χ3v) is 3.19. The van der Waals surface area contributed by atoms with Crippen LogP contribution in [0, 0.1) is 6.92 Å². The Kier molecular flexibility index (Phi) is 2.90. The lowest BCUT2D eigenvalue weighted by atomic mass is 10.4. The molecular formula is C11H14N3O5. The number of epoxide rings is 2. The number of hydrogen-bond donors (Lipinski definition) is 0. The molecule has 2 unspecified atom stereocenters. The van der Waals surface area contributed by atoms with Gasteiger partial charge in [-0.15, -0.1) is 0 Å². The summed E-state index contributed by atoms with van der Waals surface area (Å²) in [6.45, 7) is 4.93. The first-order valence-corrected chi connectivity index (χ1v) is 6.08. The number of aromatic nitrogens is 3. The summed E-state index contributed by atoms with van der Waals surface area (Å²) >= 11 is 0. The summed E-state index contributed by atoms with van der Waals surface area (Å²) in [5.41, 5.74) is -1.87. The lowest BCUT2D eigenvalue weighted by Gasteiger charge is -2.11. The smallest absolute Gasteiger partial charge is 0.336 e. The van der Waals surface area contributed by atoms with Crippen LogP contribution >= 0.6 is 0 Å². The van der Waals surface area contributed by atoms with E-state index in [1.165, 1.54) is 0 Å². The topological polar surface area (TPSA) is 91.1 Å². The van der Waals surface area contributed by atoms with Crippen LogP contribution in [0.2, 0.25) is 0 Å². The second kappa shape index (κ2) is 4.46. The van der Waals surface area contributed by atoms with E-state index in [0.29, 0.717) is 13.2 Å². The summed E-state index contributed by atoms with van der Waals surface area (Å²) in [7, 11) is 0. The van der Waals surface area contributed by atoms with Crippen molar-refractivity contribution in [3.05, 3.63) is 38.4 Å². The Balaban J connectivity index is 2.13. The van der Waals surface area contributed by atoms with Crippen LogP contribution in [0.15, 0.2) is 14.4 Å². The number of rotatable bonds is 5. The van der Waals surface area contributed by atoms with E-state index in [1.54, 1.807) is 0 Å². The normalized spacial score (nSPS) is 24.5. The highest BCUT2D eigenvalue weighted by atomic mass is 16.6. The maximum Gasteiger partial charge on any atom is 0.336 e. The average molecular weight is 268 g/mol. The van der Waals surface area contributed by atoms with Gasteiger partial charge in [0.15, 0.2) is 0 Å². The van der Waals surface area contributed by atoms with Gasteiger partial charge in [0.1, 0.15) is 0 Å². The highest BCUT2D eigenvalue weighted by molar-refractivity contribution is 4.84. The molecule has 0 N–H and O–H groups in total. The van der Waals surface area contributed by atoms with Crippen molar-refractivity contribution < 1.29 is 9.47 Å². The van der Waals surface area contributed by atoms with Crippen molar-refractivity contribution in [2.75, 3.05) is 13.2 Å². The monoisotopic (exact) mass is 268 g/mol. The number of hydrogen-bond acceptors (Lipinski definition) is 5. The van der Waals surface area contributed by atoms with Crippen molar-refractivity contribution >= 4 is 0 Å². The molecule has 0 saturated carbocycles. The summed E-state index contributed by atoms with van der Waals surface area (Å²) in [4.78, 5) is 36.3. The lowest BCUT2D eigenvalue weighted by Crippen LogP contribution is -2.55. The fraction of sp³-hybridized carbons (Fsp3) is 0.636. The zero-order chi connectivity index (χ0) is 13.6. The molecule has 2 fully saturated rings. The van der Waals surface area contributed by atoms with Gasteiger partial charge in [-0.1, -0.05) is 0 Å². The van der Waals surface area contributed by atoms with Gasteiger partial charge in [0.2, 0.25) is 0 Å². The van der Waals surface area contributed by atoms with Gasteiger partial charge < -0.3 is 9.47 Å². The minimum Gasteiger partial charge on any atom is -0.371 e. The van der Waals surface area contributed by atoms with Crippen LogP contribution in [-0.2, 0) is 29.1 Å². The Bertz CT molecular complexity index is 610. The molecule has 2 atom stereocenters. The molecule has 2 aliphatic rings. The molecule has 3 rings (SSSR count). The average Bonchev–Trinajstić information content (AvgIpc) is 3.25. The van der Waals surface area contributed by atoms with Crippen LogP contribution in [0.4, 0.5) is 0 Å². The summed E-state index contributed by atoms with van der Waals surface area (Å²) in [6, 6.07) is 0. The van der Waals surface area contributed by atoms with Gasteiger partial charge in [0, 0.05) is 6.54 Å². The van der Waals surface area contributed by atoms with Gasteiger partial charge in [0.25, 0.3) is 0 Å². The molecule has 103 valence electrons. The standard InChI is InChI=1S/C11H14N3O5/c1-2-12-9(15)13(3-7-5-18-7)11(17)14(10(12)16)4-8-6-19-8/h7-8H,1-6H2. The first-order valence-electron chi connectivity index (χ1n) is 6.08. The zero-order valence-electron chi connectivity index (χ0n) is 10.3. The van der Waals surface area contributed by atoms with Crippen LogP contribution in [0.25, 0.3) is 0 Å². The lowest BCUT2D eigenvalue weighted by molar-refractivity contribution is 0.343. The molecule has 0 aromatic carbocycles. The number of ether oxygens (including phenoxy) is 2. The van der Waals surface area contributed by atoms with Crippen LogP contribution in [0.1, 0.15) is 0 Å². The highest BCUT2D eigenvalue weighted by Crippen LogP contribution is 2.10. The molecule has 0 bridgehead atoms. The van der Waals surface area contributed by atoms with Crippen LogP contribution in [-0.4, -0.2) is 39.1 Å². The molecule has 2 saturated heterocycles. The van der Waals surface area contributed by atoms with Gasteiger partial charge in [0.05, 0.1) is 38.5 Å².